The molecule has 6 rings (SSSR count). The number of hydrogen-bond donors (Lipinski definition) is 3. The zero-order valence-corrected chi connectivity index (χ0v) is 27.6. The number of nitrogens with zero attached hydrogens (tertiary/aromatic N) is 2. The first-order valence-corrected chi connectivity index (χ1v) is 17.6. The van der Waals surface area contributed by atoms with Crippen molar-refractivity contribution in [3.63, 3.8) is 0 Å². The van der Waals surface area contributed by atoms with Gasteiger partial charge in [0.2, 0.25) is 5.95 Å². The molecule has 2 atom stereocenters. The first-order chi connectivity index (χ1) is 21.0. The second-order valence-corrected chi connectivity index (χ2v) is 15.8. The number of aryl methyl sites for hydroxylation is 1. The second-order valence-electron chi connectivity index (χ2n) is 12.9. The van der Waals surface area contributed by atoms with Crippen molar-refractivity contribution in [3.8, 4) is 5.75 Å². The molecule has 10 heteroatoms. The highest BCUT2D eigenvalue weighted by molar-refractivity contribution is 7.92. The average Bonchev–Trinajstić information content (AvgIpc) is 3.89. The van der Waals surface area contributed by atoms with Crippen molar-refractivity contribution in [3.05, 3.63) is 64.8 Å². The number of benzene rings is 2. The van der Waals surface area contributed by atoms with Crippen molar-refractivity contribution in [1.29, 1.82) is 0 Å². The van der Waals surface area contributed by atoms with Crippen LogP contribution in [0.25, 0.3) is 5.57 Å². The summed E-state index contributed by atoms with van der Waals surface area (Å²) < 4.78 is 32.3. The van der Waals surface area contributed by atoms with Crippen LogP contribution in [0.15, 0.2) is 53.6 Å². The fourth-order valence-electron chi connectivity index (χ4n) is 5.92. The predicted octanol–water partition coefficient (Wildman–Crippen LogP) is 7.83. The molecule has 3 aliphatic rings. The van der Waals surface area contributed by atoms with Crippen molar-refractivity contribution in [2.75, 3.05) is 10.6 Å². The summed E-state index contributed by atoms with van der Waals surface area (Å²) in [6, 6.07) is 12.0. The summed E-state index contributed by atoms with van der Waals surface area (Å²) in [5, 5.41) is 10.1. The third-order valence-corrected chi connectivity index (χ3v) is 11.1. The molecule has 0 bridgehead atoms. The number of rotatable bonds is 11. The summed E-state index contributed by atoms with van der Waals surface area (Å²) in [5.41, 5.74) is 4.94. The minimum atomic E-state index is -3.53. The lowest BCUT2D eigenvalue weighted by molar-refractivity contribution is 0.243. The fourth-order valence-corrected chi connectivity index (χ4v) is 7.26. The molecule has 234 valence electrons. The van der Waals surface area contributed by atoms with Gasteiger partial charge in [0.15, 0.2) is 15.7 Å². The highest BCUT2D eigenvalue weighted by Gasteiger charge is 2.40. The van der Waals surface area contributed by atoms with Gasteiger partial charge in [0, 0.05) is 12.1 Å². The third-order valence-electron chi connectivity index (χ3n) is 8.64. The Morgan fingerprint density at radius 1 is 1.00 bits per heavy atom. The summed E-state index contributed by atoms with van der Waals surface area (Å²) in [4.78, 5) is 9.25. The number of halogens is 1. The molecule has 2 heterocycles. The monoisotopic (exact) mass is 635 g/mol. The SMILES string of the molecule is Cc1cc(Nc2ncc(Cl)c(Nc3ccccc3S(=O)(=O)C(C)C)n2)c(OC(C)C)cc1C1=C[C@H](C2CC2)N[C@H](C2CC2)C1. The number of hydrogen-bond acceptors (Lipinski definition) is 8. The number of para-hydroxylation sites is 1. The van der Waals surface area contributed by atoms with Crippen LogP contribution < -0.4 is 20.7 Å². The molecular formula is C34H42ClN5O3S. The van der Waals surface area contributed by atoms with E-state index >= 15 is 0 Å². The highest BCUT2D eigenvalue weighted by atomic mass is 35.5. The Kier molecular flexibility index (Phi) is 8.65. The van der Waals surface area contributed by atoms with Gasteiger partial charge in [-0.1, -0.05) is 29.8 Å². The van der Waals surface area contributed by atoms with E-state index in [4.69, 9.17) is 16.3 Å². The van der Waals surface area contributed by atoms with Gasteiger partial charge in [-0.05, 0) is 120 Å². The Bertz CT molecular complexity index is 1680. The molecular weight excluding hydrogens is 594 g/mol. The predicted molar refractivity (Wildman–Crippen MR) is 178 cm³/mol. The minimum absolute atomic E-state index is 0.0331. The van der Waals surface area contributed by atoms with Crippen molar-refractivity contribution in [1.82, 2.24) is 15.3 Å². The molecule has 8 nitrogen and oxygen atoms in total. The molecule has 0 radical (unpaired) electrons. The van der Waals surface area contributed by atoms with Crippen LogP contribution in [0.1, 0.15) is 70.9 Å². The van der Waals surface area contributed by atoms with Gasteiger partial charge in [-0.2, -0.15) is 4.98 Å². The van der Waals surface area contributed by atoms with E-state index in [0.29, 0.717) is 29.5 Å². The molecule has 2 aromatic carbocycles. The maximum atomic E-state index is 13.0. The van der Waals surface area contributed by atoms with E-state index in [1.165, 1.54) is 43.0 Å². The van der Waals surface area contributed by atoms with Crippen molar-refractivity contribution in [2.45, 2.75) is 95.1 Å². The number of aromatic nitrogens is 2. The molecule has 0 unspecified atom stereocenters. The third kappa shape index (κ3) is 6.75. The van der Waals surface area contributed by atoms with Crippen molar-refractivity contribution in [2.24, 2.45) is 11.8 Å². The molecule has 44 heavy (non-hydrogen) atoms. The van der Waals surface area contributed by atoms with Crippen LogP contribution in [0.5, 0.6) is 5.75 Å². The van der Waals surface area contributed by atoms with Gasteiger partial charge in [0.25, 0.3) is 0 Å². The van der Waals surface area contributed by atoms with Gasteiger partial charge in [0.1, 0.15) is 10.8 Å². The fraction of sp³-hybridized carbons (Fsp3) is 0.471. The van der Waals surface area contributed by atoms with Crippen molar-refractivity contribution >= 4 is 50.2 Å². The minimum Gasteiger partial charge on any atom is -0.489 e. The highest BCUT2D eigenvalue weighted by Crippen LogP contribution is 2.45. The molecule has 1 aliphatic heterocycles. The normalized spacial score (nSPS) is 20.5. The summed E-state index contributed by atoms with van der Waals surface area (Å²) in [7, 11) is -3.53. The van der Waals surface area contributed by atoms with Crippen LogP contribution in [0.2, 0.25) is 5.02 Å². The average molecular weight is 636 g/mol. The first kappa shape index (κ1) is 30.9. The first-order valence-electron chi connectivity index (χ1n) is 15.7. The van der Waals surface area contributed by atoms with Gasteiger partial charge >= 0.3 is 0 Å². The van der Waals surface area contributed by atoms with Crippen LogP contribution in [0.3, 0.4) is 0 Å². The number of ether oxygens (including phenoxy) is 1. The van der Waals surface area contributed by atoms with Crippen LogP contribution in [0, 0.1) is 18.8 Å². The molecule has 1 aromatic heterocycles. The Morgan fingerprint density at radius 2 is 1.73 bits per heavy atom. The number of anilines is 4. The van der Waals surface area contributed by atoms with Crippen LogP contribution in [0.4, 0.5) is 23.1 Å². The molecule has 0 spiro atoms. The lowest BCUT2D eigenvalue weighted by Gasteiger charge is -2.32. The molecule has 2 aliphatic carbocycles. The Balaban J connectivity index is 1.30. The Labute approximate surface area is 266 Å². The van der Waals surface area contributed by atoms with Gasteiger partial charge < -0.3 is 20.7 Å². The lowest BCUT2D eigenvalue weighted by atomic mass is 9.87. The Hall–Kier alpha value is -3.14. The van der Waals surface area contributed by atoms with Crippen LogP contribution in [-0.2, 0) is 9.84 Å². The maximum Gasteiger partial charge on any atom is 0.229 e. The van der Waals surface area contributed by atoms with E-state index in [2.05, 4.69) is 51.1 Å². The van der Waals surface area contributed by atoms with E-state index < -0.39 is 15.1 Å². The molecule has 2 fully saturated rings. The van der Waals surface area contributed by atoms with E-state index in [9.17, 15) is 8.42 Å². The van der Waals surface area contributed by atoms with E-state index in [-0.39, 0.29) is 16.0 Å². The van der Waals surface area contributed by atoms with Gasteiger partial charge in [-0.25, -0.2) is 13.4 Å². The summed E-state index contributed by atoms with van der Waals surface area (Å²) in [6.07, 6.45) is 10.2. The van der Waals surface area contributed by atoms with Gasteiger partial charge in [-0.3, -0.25) is 0 Å². The molecule has 0 amide bonds. The molecule has 3 N–H and O–H groups in total. The quantitative estimate of drug-likeness (QED) is 0.196. The standard InChI is InChI=1S/C34H42ClN5O3S/c1-19(2)43-31-17-25(24-15-28(22-10-11-22)37-29(16-24)23-12-13-23)21(5)14-30(31)39-34-36-18-26(35)33(40-34)38-27-8-6-7-9-32(27)44(41,42)20(3)4/h6-9,14-15,17-20,22-23,28-29,37H,10-13,16H2,1-5H3,(H2,36,38,39,40)/t28-,29+/m1/s1. The Morgan fingerprint density at radius 3 is 2.41 bits per heavy atom. The molecule has 2 saturated carbocycles. The lowest BCUT2D eigenvalue weighted by Crippen LogP contribution is -2.43. The summed E-state index contributed by atoms with van der Waals surface area (Å²) in [6.45, 7) is 9.50. The van der Waals surface area contributed by atoms with E-state index in [1.54, 1.807) is 38.1 Å². The second kappa shape index (κ2) is 12.3. The van der Waals surface area contributed by atoms with Crippen molar-refractivity contribution < 1.29 is 13.2 Å². The van der Waals surface area contributed by atoms with Gasteiger partial charge in [0.05, 0.1) is 33.8 Å². The maximum absolute atomic E-state index is 13.0. The van der Waals surface area contributed by atoms with Crippen LogP contribution >= 0.6 is 11.6 Å². The van der Waals surface area contributed by atoms with Gasteiger partial charge in [-0.15, -0.1) is 0 Å². The van der Waals surface area contributed by atoms with E-state index in [0.717, 1.165) is 35.3 Å². The summed E-state index contributed by atoms with van der Waals surface area (Å²) >= 11 is 6.49. The largest absolute Gasteiger partial charge is 0.489 e. The number of sulfone groups is 1. The van der Waals surface area contributed by atoms with Crippen LogP contribution in [-0.4, -0.2) is 41.8 Å². The summed E-state index contributed by atoms with van der Waals surface area (Å²) in [5.74, 6) is 2.88. The smallest absolute Gasteiger partial charge is 0.229 e. The zero-order valence-electron chi connectivity index (χ0n) is 26.0. The number of nitrogens with one attached hydrogen (secondary N) is 3. The zero-order chi connectivity index (χ0) is 31.2. The topological polar surface area (TPSA) is 105 Å². The molecule has 0 saturated heterocycles. The molecule has 3 aromatic rings. The van der Waals surface area contributed by atoms with E-state index in [1.807, 2.05) is 13.8 Å².